The molecule has 0 radical (unpaired) electrons. The van der Waals surface area contributed by atoms with Gasteiger partial charge in [-0.3, -0.25) is 19.4 Å². The van der Waals surface area contributed by atoms with Crippen LogP contribution in [0.1, 0.15) is 88.7 Å². The fourth-order valence-electron chi connectivity index (χ4n) is 10.2. The molecule has 0 bridgehead atoms. The van der Waals surface area contributed by atoms with Crippen LogP contribution in [-0.2, 0) is 60.4 Å². The maximum atomic E-state index is 14.2. The van der Waals surface area contributed by atoms with E-state index in [1.54, 1.807) is 36.5 Å². The first-order chi connectivity index (χ1) is 44.6. The topological polar surface area (TPSA) is 374 Å². The first kappa shape index (κ1) is 72.1. The third kappa shape index (κ3) is 21.3. The summed E-state index contributed by atoms with van der Waals surface area (Å²) in [6.07, 6.45) is -3.63. The number of aromatic nitrogens is 3. The molecule has 2 aliphatic heterocycles. The highest BCUT2D eigenvalue weighted by molar-refractivity contribution is 6.10. The number of hydrogen-bond acceptors (Lipinski definition) is 22. The van der Waals surface area contributed by atoms with Crippen molar-refractivity contribution in [2.24, 2.45) is 10.7 Å². The predicted octanol–water partition coefficient (Wildman–Crippen LogP) is 3.67. The Bertz CT molecular complexity index is 3320. The molecular weight excluding hydrogens is 1190 g/mol. The van der Waals surface area contributed by atoms with Gasteiger partial charge >= 0.3 is 5.97 Å². The number of rotatable bonds is 41. The number of carbonyl (C=O) groups excluding carboxylic acids is 3. The van der Waals surface area contributed by atoms with Gasteiger partial charge < -0.3 is 94.8 Å². The summed E-state index contributed by atoms with van der Waals surface area (Å²) in [6, 6.07) is 18.1. The van der Waals surface area contributed by atoms with E-state index in [0.29, 0.717) is 163 Å². The highest BCUT2D eigenvalue weighted by atomic mass is 16.7. The molecule has 27 heteroatoms. The summed E-state index contributed by atoms with van der Waals surface area (Å²) in [5.41, 5.74) is 11.8. The van der Waals surface area contributed by atoms with Crippen molar-refractivity contribution in [3.05, 3.63) is 112 Å². The molecule has 92 heavy (non-hydrogen) atoms. The van der Waals surface area contributed by atoms with Crippen molar-refractivity contribution in [2.75, 3.05) is 129 Å². The Morgan fingerprint density at radius 2 is 1.42 bits per heavy atom. The van der Waals surface area contributed by atoms with Crippen molar-refractivity contribution in [1.82, 2.24) is 25.6 Å². The summed E-state index contributed by atoms with van der Waals surface area (Å²) in [4.78, 5) is 58.7. The summed E-state index contributed by atoms with van der Waals surface area (Å²) in [5.74, 6) is -1.82. The quantitative estimate of drug-likeness (QED) is 0.0193. The number of aliphatic hydroxyl groups is 4. The minimum atomic E-state index is -1.57. The molecule has 6 atom stereocenters. The zero-order valence-electron chi connectivity index (χ0n) is 52.8. The number of nitrogens with zero attached hydrogens (tertiary/aromatic N) is 4. The van der Waals surface area contributed by atoms with Crippen LogP contribution in [0, 0.1) is 13.8 Å². The van der Waals surface area contributed by atoms with Crippen molar-refractivity contribution in [1.29, 1.82) is 0 Å². The van der Waals surface area contributed by atoms with E-state index in [4.69, 9.17) is 48.0 Å². The van der Waals surface area contributed by atoms with E-state index < -0.39 is 61.1 Å². The van der Waals surface area contributed by atoms with Crippen LogP contribution in [-0.4, -0.2) is 214 Å². The average Bonchev–Trinajstić information content (AvgIpc) is 0.790. The van der Waals surface area contributed by atoms with Crippen LogP contribution >= 0.6 is 0 Å². The van der Waals surface area contributed by atoms with E-state index in [2.05, 4.69) is 36.6 Å². The molecule has 502 valence electrons. The van der Waals surface area contributed by atoms with Gasteiger partial charge in [0.05, 0.1) is 116 Å². The second-order valence-electron chi connectivity index (χ2n) is 21.8. The summed E-state index contributed by atoms with van der Waals surface area (Å²) < 4.78 is 51.8. The standard InChI is InChI=1S/C65H89N9O18/c1-5-67-51-36-54-49(33-41(51)3)58(50-34-42(4)52(68-6-2)37-55(50)91-54)48-35-44(12-15-47(48)64(82)83)62(80)70-38-46-39-74(73-72-46)53(63(81)71-45-13-10-43(11-14-45)16-21-90-65-61(79)60(78)59(77)56(40-75)92-65)9-7-8-19-69-57(76)17-20-84-23-25-86-27-29-88-31-32-89-30-28-87-26-24-85-22-18-66/h10-15,33-37,39,53,56,59-61,65,67,75,77-79H,5-9,16-32,38,40,66H2,1-4H3,(H,69,76)(H,70,80)(H,71,81)(H,82,83)/t53-,56+,59+,60-,61+,65+/m0/s1. The van der Waals surface area contributed by atoms with Gasteiger partial charge in [0, 0.05) is 78.2 Å². The summed E-state index contributed by atoms with van der Waals surface area (Å²) in [5, 5.41) is 72.9. The summed E-state index contributed by atoms with van der Waals surface area (Å²) in [7, 11) is 0. The number of carboxylic acids is 1. The monoisotopic (exact) mass is 1280 g/mol. The Hall–Kier alpha value is -7.35. The Kier molecular flexibility index (Phi) is 29.8. The Morgan fingerprint density at radius 1 is 0.750 bits per heavy atom. The molecule has 3 amide bonds. The van der Waals surface area contributed by atoms with Gasteiger partial charge in [-0.15, -0.1) is 5.10 Å². The number of benzene rings is 4. The summed E-state index contributed by atoms with van der Waals surface area (Å²) in [6.45, 7) is 14.1. The Labute approximate surface area is 534 Å². The number of ether oxygens (including phenoxy) is 8. The molecule has 3 aliphatic rings. The third-order valence-electron chi connectivity index (χ3n) is 15.0. The lowest BCUT2D eigenvalue weighted by atomic mass is 9.88. The largest absolute Gasteiger partial charge is 0.478 e. The molecule has 1 aliphatic carbocycles. The van der Waals surface area contributed by atoms with Gasteiger partial charge in [0.1, 0.15) is 47.5 Å². The van der Waals surface area contributed by atoms with E-state index in [-0.39, 0.29) is 49.6 Å². The molecule has 11 N–H and O–H groups in total. The van der Waals surface area contributed by atoms with Crippen LogP contribution in [0.2, 0.25) is 0 Å². The van der Waals surface area contributed by atoms with E-state index in [0.717, 1.165) is 27.7 Å². The maximum absolute atomic E-state index is 14.2. The van der Waals surface area contributed by atoms with Crippen LogP contribution in [0.5, 0.6) is 0 Å². The summed E-state index contributed by atoms with van der Waals surface area (Å²) >= 11 is 0. The van der Waals surface area contributed by atoms with Crippen molar-refractivity contribution >= 4 is 46.0 Å². The first-order valence-electron chi connectivity index (χ1n) is 31.2. The van der Waals surface area contributed by atoms with E-state index in [9.17, 15) is 44.7 Å². The average molecular weight is 1280 g/mol. The van der Waals surface area contributed by atoms with Gasteiger partial charge in [0.2, 0.25) is 11.8 Å². The fraction of sp³-hybridized carbons (Fsp3) is 0.523. The zero-order chi connectivity index (χ0) is 65.8. The smallest absolute Gasteiger partial charge is 0.336 e. The third-order valence-corrected chi connectivity index (χ3v) is 15.0. The number of anilines is 2. The number of nitrogens with one attached hydrogen (secondary N) is 4. The number of aromatic carboxylic acids is 1. The lowest BCUT2D eigenvalue weighted by molar-refractivity contribution is -0.300. The number of fused-ring (bicyclic) bond motifs is 2. The van der Waals surface area contributed by atoms with Crippen molar-refractivity contribution < 1.29 is 87.0 Å². The van der Waals surface area contributed by atoms with Crippen LogP contribution in [0.15, 0.2) is 82.3 Å². The van der Waals surface area contributed by atoms with Crippen LogP contribution < -0.4 is 32.4 Å². The molecule has 1 fully saturated rings. The van der Waals surface area contributed by atoms with Crippen molar-refractivity contribution in [3.8, 4) is 22.5 Å². The Balaban J connectivity index is 0.946. The lowest BCUT2D eigenvalue weighted by Gasteiger charge is -2.39. The highest BCUT2D eigenvalue weighted by Crippen LogP contribution is 2.43. The first-order valence-corrected chi connectivity index (χ1v) is 31.2. The van der Waals surface area contributed by atoms with Crippen LogP contribution in [0.4, 0.5) is 11.4 Å². The van der Waals surface area contributed by atoms with Gasteiger partial charge in [-0.1, -0.05) is 17.3 Å². The number of aliphatic hydroxyl groups excluding tert-OH is 4. The van der Waals surface area contributed by atoms with Gasteiger partial charge in [-0.25, -0.2) is 9.48 Å². The number of amides is 3. The van der Waals surface area contributed by atoms with Gasteiger partial charge in [0.25, 0.3) is 5.91 Å². The SMILES string of the molecule is CCN=c1cc2oc3cc(NCC)c(C)cc3c(-c3cc(C(=O)NCc4cn([C@@H](CCCCNC(=O)CCOCCOCCOCCOCCOCCOCCN)C(=O)Nc5ccc(CCO[C@@H]6O[C@H](CO)[C@@H](O)[C@H](O)[C@H]6O)cc5)nn4)ccc3C(=O)O)c-2cc1C. The van der Waals surface area contributed by atoms with Crippen LogP contribution in [0.3, 0.4) is 0 Å². The van der Waals surface area contributed by atoms with E-state index in [1.165, 1.54) is 16.8 Å². The minimum absolute atomic E-state index is 0.0190. The highest BCUT2D eigenvalue weighted by Gasteiger charge is 2.44. The normalized spacial score (nSPS) is 17.1. The number of hydrogen-bond donors (Lipinski definition) is 10. The maximum Gasteiger partial charge on any atom is 0.336 e. The second kappa shape index (κ2) is 38.0. The van der Waals surface area contributed by atoms with E-state index in [1.807, 2.05) is 52.0 Å². The molecule has 3 aromatic carbocycles. The predicted molar refractivity (Wildman–Crippen MR) is 339 cm³/mol. The number of carboxylic acid groups (broad SMARTS) is 1. The van der Waals surface area contributed by atoms with Gasteiger partial charge in [-0.05, 0) is 118 Å². The number of nitrogens with two attached hydrogens (primary N) is 1. The molecule has 27 nitrogen and oxygen atoms in total. The van der Waals surface area contributed by atoms with Gasteiger partial charge in [-0.2, -0.15) is 0 Å². The molecule has 1 saturated heterocycles. The van der Waals surface area contributed by atoms with E-state index >= 15 is 0 Å². The molecule has 7 rings (SSSR count). The number of aryl methyl sites for hydroxylation is 2. The molecule has 4 aromatic rings. The zero-order valence-corrected chi connectivity index (χ0v) is 52.8. The minimum Gasteiger partial charge on any atom is -0.478 e. The number of unbranched alkanes of at least 4 members (excludes halogenated alkanes) is 1. The molecule has 0 spiro atoms. The second-order valence-corrected chi connectivity index (χ2v) is 21.8. The molecule has 0 saturated carbocycles. The van der Waals surface area contributed by atoms with Crippen molar-refractivity contribution in [3.63, 3.8) is 0 Å². The lowest BCUT2D eigenvalue weighted by Crippen LogP contribution is -2.59. The van der Waals surface area contributed by atoms with Crippen molar-refractivity contribution in [2.45, 2.75) is 103 Å². The molecule has 0 unspecified atom stereocenters. The van der Waals surface area contributed by atoms with Crippen LogP contribution in [0.25, 0.3) is 33.4 Å². The Morgan fingerprint density at radius 3 is 2.07 bits per heavy atom. The fourth-order valence-corrected chi connectivity index (χ4v) is 10.2. The van der Waals surface area contributed by atoms with Gasteiger partial charge in [0.15, 0.2) is 6.29 Å². The molecule has 3 heterocycles. The molecule has 1 aromatic heterocycles. The number of carbonyl (C=O) groups is 4. The molecular formula is C65H89N9O18.